The SMILES string of the molecule is C[C@@H](c1ccc[cH-]1)P(c1ccccc1)c1ccccc1.[Fe+2].c1cc[cH-]c1. The molecule has 0 N–H and O–H groups in total. The second-order valence-corrected chi connectivity index (χ2v) is 8.44. The zero-order valence-corrected chi connectivity index (χ0v) is 16.8. The molecule has 0 aliphatic carbocycles. The summed E-state index contributed by atoms with van der Waals surface area (Å²) in [5, 5.41) is 2.89. The molecule has 0 nitrogen and oxygen atoms in total. The average molecular weight is 398 g/mol. The van der Waals surface area contributed by atoms with Gasteiger partial charge < -0.3 is 0 Å². The molecule has 0 aliphatic rings. The van der Waals surface area contributed by atoms with Gasteiger partial charge in [0, 0.05) is 0 Å². The van der Waals surface area contributed by atoms with Crippen molar-refractivity contribution in [2.45, 2.75) is 12.6 Å². The normalized spacial score (nSPS) is 11.2. The van der Waals surface area contributed by atoms with E-state index in [4.69, 9.17) is 0 Å². The van der Waals surface area contributed by atoms with E-state index in [0.717, 1.165) is 0 Å². The third-order valence-corrected chi connectivity index (χ3v) is 6.96. The summed E-state index contributed by atoms with van der Waals surface area (Å²) in [4.78, 5) is 0. The summed E-state index contributed by atoms with van der Waals surface area (Å²) in [5.41, 5.74) is 1.97. The topological polar surface area (TPSA) is 0 Å². The van der Waals surface area contributed by atoms with Crippen LogP contribution in [0.1, 0.15) is 18.1 Å². The van der Waals surface area contributed by atoms with Crippen LogP contribution in [0.3, 0.4) is 0 Å². The van der Waals surface area contributed by atoms with Crippen LogP contribution in [0.5, 0.6) is 0 Å². The van der Waals surface area contributed by atoms with Gasteiger partial charge in [0.25, 0.3) is 0 Å². The Hall–Kier alpha value is -1.91. The Morgan fingerprint density at radius 3 is 1.58 bits per heavy atom. The van der Waals surface area contributed by atoms with Gasteiger partial charge in [0.05, 0.1) is 0 Å². The predicted octanol–water partition coefficient (Wildman–Crippen LogP) is 6.00. The molecule has 4 rings (SSSR count). The zero-order valence-electron chi connectivity index (χ0n) is 14.8. The molecule has 1 atom stereocenters. The van der Waals surface area contributed by atoms with Crippen molar-refractivity contribution in [1.82, 2.24) is 0 Å². The van der Waals surface area contributed by atoms with Crippen LogP contribution in [-0.4, -0.2) is 0 Å². The van der Waals surface area contributed by atoms with Gasteiger partial charge in [-0.05, 0) is 24.2 Å². The van der Waals surface area contributed by atoms with Crippen molar-refractivity contribution in [2.75, 3.05) is 0 Å². The molecule has 0 fully saturated rings. The molecular formula is C24H23FeP. The molecule has 2 heteroatoms. The fourth-order valence-electron chi connectivity index (χ4n) is 2.91. The molecule has 4 aromatic rings. The van der Waals surface area contributed by atoms with E-state index in [-0.39, 0.29) is 25.0 Å². The van der Waals surface area contributed by atoms with E-state index in [9.17, 15) is 0 Å². The maximum absolute atomic E-state index is 2.35. The monoisotopic (exact) mass is 398 g/mol. The van der Waals surface area contributed by atoms with Gasteiger partial charge in [0.1, 0.15) is 0 Å². The van der Waals surface area contributed by atoms with E-state index in [1.807, 2.05) is 30.3 Å². The van der Waals surface area contributed by atoms with Gasteiger partial charge in [-0.2, -0.15) is 35.9 Å². The number of hydrogen-bond acceptors (Lipinski definition) is 0. The number of hydrogen-bond donors (Lipinski definition) is 0. The standard InChI is InChI=1S/C19H18P.C5H5.Fe/c1-16(17-10-8-9-11-17)20(18-12-4-2-5-13-18)19-14-6-3-7-15-19;1-2-4-5-3-1;/h2-16H,1H3;1-5H;/q2*-1;+2/t16-;;/m0../s1. The van der Waals surface area contributed by atoms with Crippen LogP contribution in [0, 0.1) is 0 Å². The van der Waals surface area contributed by atoms with Crippen LogP contribution in [0.2, 0.25) is 0 Å². The molecule has 0 radical (unpaired) electrons. The van der Waals surface area contributed by atoms with Gasteiger partial charge in [-0.25, -0.2) is 24.3 Å². The van der Waals surface area contributed by atoms with Gasteiger partial charge >= 0.3 is 17.1 Å². The Balaban J connectivity index is 0.000000351. The van der Waals surface area contributed by atoms with E-state index in [1.165, 1.54) is 16.2 Å². The molecule has 0 aromatic heterocycles. The molecule has 0 bridgehead atoms. The van der Waals surface area contributed by atoms with E-state index < -0.39 is 0 Å². The van der Waals surface area contributed by atoms with Crippen molar-refractivity contribution in [3.63, 3.8) is 0 Å². The van der Waals surface area contributed by atoms with Crippen LogP contribution in [0.4, 0.5) is 0 Å². The number of benzene rings is 2. The Morgan fingerprint density at radius 2 is 1.19 bits per heavy atom. The maximum atomic E-state index is 2.35. The maximum Gasteiger partial charge on any atom is 2.00 e. The Labute approximate surface area is 168 Å². The molecular weight excluding hydrogens is 375 g/mol. The molecule has 0 heterocycles. The molecule has 26 heavy (non-hydrogen) atoms. The minimum atomic E-state index is -0.363. The summed E-state index contributed by atoms with van der Waals surface area (Å²) in [6.07, 6.45) is 0. The van der Waals surface area contributed by atoms with Crippen LogP contribution < -0.4 is 10.6 Å². The first-order valence-corrected chi connectivity index (χ1v) is 10.0. The van der Waals surface area contributed by atoms with E-state index in [1.54, 1.807) is 0 Å². The Kier molecular flexibility index (Phi) is 8.59. The number of rotatable bonds is 4. The van der Waals surface area contributed by atoms with Crippen LogP contribution >= 0.6 is 7.92 Å². The third-order valence-electron chi connectivity index (χ3n) is 4.18. The Bertz CT molecular complexity index is 749. The van der Waals surface area contributed by atoms with Crippen molar-refractivity contribution >= 4 is 18.5 Å². The predicted molar refractivity (Wildman–Crippen MR) is 112 cm³/mol. The molecule has 0 amide bonds. The van der Waals surface area contributed by atoms with E-state index >= 15 is 0 Å². The first-order valence-electron chi connectivity index (χ1n) is 8.64. The summed E-state index contributed by atoms with van der Waals surface area (Å²) >= 11 is 0. The molecule has 0 aliphatic heterocycles. The summed E-state index contributed by atoms with van der Waals surface area (Å²) in [6, 6.07) is 40.6. The van der Waals surface area contributed by atoms with E-state index in [0.29, 0.717) is 5.66 Å². The summed E-state index contributed by atoms with van der Waals surface area (Å²) in [7, 11) is -0.363. The summed E-state index contributed by atoms with van der Waals surface area (Å²) < 4.78 is 0. The molecule has 0 saturated heterocycles. The van der Waals surface area contributed by atoms with Crippen molar-refractivity contribution in [2.24, 2.45) is 0 Å². The quantitative estimate of drug-likeness (QED) is 0.225. The first-order chi connectivity index (χ1) is 12.4. The van der Waals surface area contributed by atoms with Crippen LogP contribution in [0.25, 0.3) is 0 Å². The van der Waals surface area contributed by atoms with Gasteiger partial charge in [-0.3, -0.25) is 0 Å². The Morgan fingerprint density at radius 1 is 0.654 bits per heavy atom. The van der Waals surface area contributed by atoms with Gasteiger partial charge in [0.15, 0.2) is 0 Å². The fourth-order valence-corrected chi connectivity index (χ4v) is 5.56. The average Bonchev–Trinajstić information content (AvgIpc) is 3.40. The van der Waals surface area contributed by atoms with Crippen LogP contribution in [-0.2, 0) is 17.1 Å². The molecule has 0 unspecified atom stereocenters. The largest absolute Gasteiger partial charge is 2.00 e. The molecule has 4 aromatic carbocycles. The molecule has 0 saturated carbocycles. The summed E-state index contributed by atoms with van der Waals surface area (Å²) in [6.45, 7) is 2.35. The van der Waals surface area contributed by atoms with Crippen molar-refractivity contribution < 1.29 is 17.1 Å². The minimum absolute atomic E-state index is 0. The smallest absolute Gasteiger partial charge is 0.214 e. The summed E-state index contributed by atoms with van der Waals surface area (Å²) in [5.74, 6) is 0. The van der Waals surface area contributed by atoms with E-state index in [2.05, 4.69) is 91.9 Å². The van der Waals surface area contributed by atoms with Gasteiger partial charge in [0.2, 0.25) is 0 Å². The first kappa shape index (κ1) is 20.4. The zero-order chi connectivity index (χ0) is 17.3. The second kappa shape index (κ2) is 10.9. The third kappa shape index (κ3) is 5.55. The minimum Gasteiger partial charge on any atom is -0.214 e. The van der Waals surface area contributed by atoms with Gasteiger partial charge in [-0.15, -0.1) is 0 Å². The van der Waals surface area contributed by atoms with Crippen molar-refractivity contribution in [3.8, 4) is 0 Å². The van der Waals surface area contributed by atoms with Crippen molar-refractivity contribution in [3.05, 3.63) is 121 Å². The second-order valence-electron chi connectivity index (χ2n) is 5.90. The fraction of sp³-hybridized carbons (Fsp3) is 0.0833. The van der Waals surface area contributed by atoms with Crippen LogP contribution in [0.15, 0.2) is 115 Å². The molecule has 132 valence electrons. The molecule has 0 spiro atoms. The van der Waals surface area contributed by atoms with Gasteiger partial charge in [-0.1, -0.05) is 67.6 Å². The van der Waals surface area contributed by atoms with Crippen molar-refractivity contribution in [1.29, 1.82) is 0 Å².